The molecular weight excluding hydrogens is 366 g/mol. The predicted octanol–water partition coefficient (Wildman–Crippen LogP) is 3.11. The molecule has 6 nitrogen and oxygen atoms in total. The summed E-state index contributed by atoms with van der Waals surface area (Å²) in [7, 11) is 1.89. The fourth-order valence-electron chi connectivity index (χ4n) is 4.03. The summed E-state index contributed by atoms with van der Waals surface area (Å²) in [6.07, 6.45) is 0.972. The van der Waals surface area contributed by atoms with E-state index < -0.39 is 0 Å². The van der Waals surface area contributed by atoms with Crippen molar-refractivity contribution in [2.75, 3.05) is 33.4 Å². The lowest BCUT2D eigenvalue weighted by Gasteiger charge is -2.24. The average molecular weight is 389 g/mol. The summed E-state index contributed by atoms with van der Waals surface area (Å²) in [5.74, 6) is 1.48. The van der Waals surface area contributed by atoms with Gasteiger partial charge in [0.2, 0.25) is 0 Å². The predicted molar refractivity (Wildman–Crippen MR) is 112 cm³/mol. The minimum Gasteiger partial charge on any atom is -0.486 e. The van der Waals surface area contributed by atoms with E-state index in [9.17, 15) is 4.79 Å². The highest BCUT2D eigenvalue weighted by atomic mass is 16.6. The highest BCUT2D eigenvalue weighted by Crippen LogP contribution is 2.35. The fraction of sp³-hybridized carbons (Fsp3) is 0.304. The van der Waals surface area contributed by atoms with Crippen molar-refractivity contribution in [3.05, 3.63) is 54.1 Å². The number of aromatic nitrogens is 1. The van der Waals surface area contributed by atoms with E-state index in [1.54, 1.807) is 0 Å². The van der Waals surface area contributed by atoms with Gasteiger partial charge in [-0.2, -0.15) is 0 Å². The molecule has 2 aromatic carbocycles. The fourth-order valence-corrected chi connectivity index (χ4v) is 4.03. The molecule has 1 saturated heterocycles. The number of benzene rings is 2. The van der Waals surface area contributed by atoms with Gasteiger partial charge >= 0.3 is 0 Å². The number of amides is 1. The molecule has 0 aliphatic carbocycles. The third-order valence-corrected chi connectivity index (χ3v) is 5.69. The number of carbonyl (C=O) groups excluding carboxylic acids is 1. The second kappa shape index (κ2) is 7.37. The first-order valence-electron chi connectivity index (χ1n) is 9.98. The molecule has 2 aliphatic rings. The molecule has 5 rings (SSSR count). The number of hydrogen-bond acceptors (Lipinski definition) is 5. The number of nitrogens with zero attached hydrogens (tertiary/aromatic N) is 2. The third kappa shape index (κ3) is 3.29. The molecule has 148 valence electrons. The average Bonchev–Trinajstić information content (AvgIpc) is 3.32. The van der Waals surface area contributed by atoms with Crippen LogP contribution < -0.4 is 14.8 Å². The molecule has 1 fully saturated rings. The van der Waals surface area contributed by atoms with Gasteiger partial charge in [-0.05, 0) is 43.3 Å². The zero-order valence-corrected chi connectivity index (χ0v) is 16.4. The monoisotopic (exact) mass is 389 g/mol. The van der Waals surface area contributed by atoms with Crippen LogP contribution in [0.15, 0.2) is 48.5 Å². The molecule has 1 unspecified atom stereocenters. The maximum absolute atomic E-state index is 13.4. The van der Waals surface area contributed by atoms with Crippen molar-refractivity contribution in [2.24, 2.45) is 0 Å². The molecule has 0 saturated carbocycles. The Balaban J connectivity index is 1.60. The van der Waals surface area contributed by atoms with Crippen LogP contribution in [-0.4, -0.2) is 55.2 Å². The number of likely N-dealkylation sites (N-methyl/N-ethyl adjacent to an activating group) is 1. The first kappa shape index (κ1) is 17.9. The maximum atomic E-state index is 13.4. The lowest BCUT2D eigenvalue weighted by Crippen LogP contribution is -2.38. The number of carbonyl (C=O) groups is 1. The number of rotatable bonds is 3. The van der Waals surface area contributed by atoms with Gasteiger partial charge in [0.15, 0.2) is 11.5 Å². The minimum absolute atomic E-state index is 0.0242. The van der Waals surface area contributed by atoms with Gasteiger partial charge in [0.1, 0.15) is 13.2 Å². The number of hydrogen-bond donors (Lipinski definition) is 1. The Hall–Kier alpha value is -3.12. The van der Waals surface area contributed by atoms with Crippen molar-refractivity contribution in [1.29, 1.82) is 0 Å². The summed E-state index contributed by atoms with van der Waals surface area (Å²) in [4.78, 5) is 20.1. The standard InChI is InChI=1S/C23H23N3O3/c1-26(16-8-9-24-14-16)23(27)18-13-20(25-19-5-3-2-4-17(18)19)15-6-7-21-22(12-15)29-11-10-28-21/h2-7,12-13,16,24H,8-11,14H2,1H3. The Morgan fingerprint density at radius 3 is 2.76 bits per heavy atom. The van der Waals surface area contributed by atoms with E-state index in [4.69, 9.17) is 14.5 Å². The van der Waals surface area contributed by atoms with Gasteiger partial charge < -0.3 is 19.7 Å². The Bertz CT molecular complexity index is 1080. The van der Waals surface area contributed by atoms with Gasteiger partial charge in [-0.25, -0.2) is 4.98 Å². The molecule has 0 radical (unpaired) electrons. The van der Waals surface area contributed by atoms with E-state index in [1.807, 2.05) is 60.5 Å². The number of pyridine rings is 1. The quantitative estimate of drug-likeness (QED) is 0.746. The van der Waals surface area contributed by atoms with E-state index in [1.165, 1.54) is 0 Å². The smallest absolute Gasteiger partial charge is 0.254 e. The van der Waals surface area contributed by atoms with Crippen LogP contribution in [-0.2, 0) is 0 Å². The van der Waals surface area contributed by atoms with Crippen molar-refractivity contribution in [1.82, 2.24) is 15.2 Å². The first-order chi connectivity index (χ1) is 14.2. The summed E-state index contributed by atoms with van der Waals surface area (Å²) in [5.41, 5.74) is 3.14. The first-order valence-corrected chi connectivity index (χ1v) is 9.98. The second-order valence-corrected chi connectivity index (χ2v) is 7.49. The summed E-state index contributed by atoms with van der Waals surface area (Å²) < 4.78 is 11.3. The van der Waals surface area contributed by atoms with Gasteiger partial charge in [-0.1, -0.05) is 18.2 Å². The highest BCUT2D eigenvalue weighted by Gasteiger charge is 2.26. The second-order valence-electron chi connectivity index (χ2n) is 7.49. The van der Waals surface area contributed by atoms with Crippen molar-refractivity contribution in [2.45, 2.75) is 12.5 Å². The lowest BCUT2D eigenvalue weighted by molar-refractivity contribution is 0.0745. The summed E-state index contributed by atoms with van der Waals surface area (Å²) in [6.45, 7) is 2.87. The van der Waals surface area contributed by atoms with E-state index >= 15 is 0 Å². The molecule has 3 heterocycles. The van der Waals surface area contributed by atoms with Gasteiger partial charge in [0, 0.05) is 30.6 Å². The molecule has 6 heteroatoms. The topological polar surface area (TPSA) is 63.7 Å². The Labute approximate surface area is 169 Å². The van der Waals surface area contributed by atoms with Crippen LogP contribution >= 0.6 is 0 Å². The molecule has 3 aromatic rings. The van der Waals surface area contributed by atoms with Crippen molar-refractivity contribution < 1.29 is 14.3 Å². The van der Waals surface area contributed by atoms with Gasteiger partial charge in [0.25, 0.3) is 5.91 Å². The molecule has 1 atom stereocenters. The zero-order valence-electron chi connectivity index (χ0n) is 16.4. The number of para-hydroxylation sites is 1. The molecule has 1 N–H and O–H groups in total. The molecule has 0 bridgehead atoms. The van der Waals surface area contributed by atoms with Crippen molar-refractivity contribution in [3.8, 4) is 22.8 Å². The Morgan fingerprint density at radius 1 is 1.10 bits per heavy atom. The van der Waals surface area contributed by atoms with Gasteiger partial charge in [-0.3, -0.25) is 4.79 Å². The van der Waals surface area contributed by atoms with E-state index in [0.29, 0.717) is 24.5 Å². The van der Waals surface area contributed by atoms with Crippen LogP contribution in [0.5, 0.6) is 11.5 Å². The lowest BCUT2D eigenvalue weighted by atomic mass is 10.0. The normalized spacial score (nSPS) is 18.0. The zero-order chi connectivity index (χ0) is 19.8. The summed E-state index contributed by atoms with van der Waals surface area (Å²) in [6, 6.07) is 15.7. The molecule has 1 amide bonds. The number of fused-ring (bicyclic) bond motifs is 2. The van der Waals surface area contributed by atoms with E-state index in [-0.39, 0.29) is 11.9 Å². The van der Waals surface area contributed by atoms with Crippen LogP contribution in [0, 0.1) is 0 Å². The molecule has 0 spiro atoms. The van der Waals surface area contributed by atoms with E-state index in [2.05, 4.69) is 5.32 Å². The Morgan fingerprint density at radius 2 is 1.93 bits per heavy atom. The van der Waals surface area contributed by atoms with Gasteiger partial charge in [0.05, 0.1) is 16.8 Å². The van der Waals surface area contributed by atoms with E-state index in [0.717, 1.165) is 47.4 Å². The highest BCUT2D eigenvalue weighted by molar-refractivity contribution is 6.07. The number of nitrogens with one attached hydrogen (secondary N) is 1. The number of ether oxygens (including phenoxy) is 2. The maximum Gasteiger partial charge on any atom is 0.254 e. The molecule has 2 aliphatic heterocycles. The summed E-state index contributed by atoms with van der Waals surface area (Å²) in [5, 5.41) is 4.20. The third-order valence-electron chi connectivity index (χ3n) is 5.69. The van der Waals surface area contributed by atoms with Crippen molar-refractivity contribution in [3.63, 3.8) is 0 Å². The van der Waals surface area contributed by atoms with Crippen LogP contribution in [0.4, 0.5) is 0 Å². The van der Waals surface area contributed by atoms with Gasteiger partial charge in [-0.15, -0.1) is 0 Å². The van der Waals surface area contributed by atoms with Crippen LogP contribution in [0.2, 0.25) is 0 Å². The Kier molecular flexibility index (Phi) is 4.56. The molecule has 29 heavy (non-hydrogen) atoms. The minimum atomic E-state index is 0.0242. The largest absolute Gasteiger partial charge is 0.486 e. The van der Waals surface area contributed by atoms with Crippen LogP contribution in [0.1, 0.15) is 16.8 Å². The molecular formula is C23H23N3O3. The SMILES string of the molecule is CN(C(=O)c1cc(-c2ccc3c(c2)OCCO3)nc2ccccc12)C1CCNC1. The van der Waals surface area contributed by atoms with Crippen LogP contribution in [0.3, 0.4) is 0 Å². The summed E-state index contributed by atoms with van der Waals surface area (Å²) >= 11 is 0. The van der Waals surface area contributed by atoms with Crippen LogP contribution in [0.25, 0.3) is 22.2 Å². The van der Waals surface area contributed by atoms with Crippen molar-refractivity contribution >= 4 is 16.8 Å². The molecule has 1 aromatic heterocycles.